The molecule has 1 aliphatic rings. The number of rotatable bonds is 2. The quantitative estimate of drug-likeness (QED) is 0.722. The standard InChI is InChI=1S/C18H14N2O2/c1-2-6-13(7-3-1)14-10-11-15(20-19-14)18-12-21-16-8-4-5-9-17(16)22-18/h1-11,18H,12H2. The Morgan fingerprint density at radius 1 is 0.773 bits per heavy atom. The van der Waals surface area contributed by atoms with E-state index in [4.69, 9.17) is 9.47 Å². The summed E-state index contributed by atoms with van der Waals surface area (Å²) in [7, 11) is 0. The first-order valence-electron chi connectivity index (χ1n) is 7.18. The van der Waals surface area contributed by atoms with Gasteiger partial charge in [0.1, 0.15) is 12.3 Å². The second-order valence-electron chi connectivity index (χ2n) is 5.07. The van der Waals surface area contributed by atoms with Gasteiger partial charge in [0.15, 0.2) is 17.6 Å². The number of para-hydroxylation sites is 2. The van der Waals surface area contributed by atoms with Crippen molar-refractivity contribution in [1.29, 1.82) is 0 Å². The zero-order valence-electron chi connectivity index (χ0n) is 11.8. The molecule has 1 unspecified atom stereocenters. The minimum Gasteiger partial charge on any atom is -0.485 e. The number of hydrogen-bond donors (Lipinski definition) is 0. The molecular formula is C18H14N2O2. The number of aromatic nitrogens is 2. The van der Waals surface area contributed by atoms with Gasteiger partial charge >= 0.3 is 0 Å². The van der Waals surface area contributed by atoms with Crippen LogP contribution in [0.2, 0.25) is 0 Å². The van der Waals surface area contributed by atoms with Gasteiger partial charge in [-0.2, -0.15) is 10.2 Å². The van der Waals surface area contributed by atoms with Crippen molar-refractivity contribution in [1.82, 2.24) is 10.2 Å². The van der Waals surface area contributed by atoms with Crippen LogP contribution >= 0.6 is 0 Å². The Balaban J connectivity index is 1.57. The SMILES string of the molecule is c1ccc(-c2ccc(C3COc4ccccc4O3)nn2)cc1. The maximum atomic E-state index is 5.94. The van der Waals surface area contributed by atoms with E-state index in [2.05, 4.69) is 10.2 Å². The van der Waals surface area contributed by atoms with Crippen LogP contribution in [0.3, 0.4) is 0 Å². The molecule has 0 fully saturated rings. The van der Waals surface area contributed by atoms with Crippen LogP contribution in [-0.4, -0.2) is 16.8 Å². The lowest BCUT2D eigenvalue weighted by molar-refractivity contribution is 0.0877. The third kappa shape index (κ3) is 2.39. The van der Waals surface area contributed by atoms with Crippen molar-refractivity contribution in [3.63, 3.8) is 0 Å². The molecule has 0 aliphatic carbocycles. The molecule has 0 saturated carbocycles. The first-order chi connectivity index (χ1) is 10.9. The molecule has 1 aliphatic heterocycles. The van der Waals surface area contributed by atoms with E-state index in [1.807, 2.05) is 66.7 Å². The number of ether oxygens (including phenoxy) is 2. The summed E-state index contributed by atoms with van der Waals surface area (Å²) in [6.45, 7) is 0.441. The first kappa shape index (κ1) is 12.8. The van der Waals surface area contributed by atoms with Gasteiger partial charge in [-0.1, -0.05) is 42.5 Å². The molecule has 0 saturated heterocycles. The second kappa shape index (κ2) is 5.48. The maximum Gasteiger partial charge on any atom is 0.176 e. The molecule has 2 aromatic carbocycles. The van der Waals surface area contributed by atoms with E-state index in [1.165, 1.54) is 0 Å². The summed E-state index contributed by atoms with van der Waals surface area (Å²) < 4.78 is 11.6. The van der Waals surface area contributed by atoms with Crippen molar-refractivity contribution < 1.29 is 9.47 Å². The number of hydrogen-bond acceptors (Lipinski definition) is 4. The van der Waals surface area contributed by atoms with Crippen LogP contribution in [-0.2, 0) is 0 Å². The van der Waals surface area contributed by atoms with Gasteiger partial charge in [-0.3, -0.25) is 0 Å². The molecule has 1 atom stereocenters. The van der Waals surface area contributed by atoms with Gasteiger partial charge in [0, 0.05) is 5.56 Å². The normalized spacial score (nSPS) is 16.3. The fourth-order valence-electron chi connectivity index (χ4n) is 2.44. The zero-order valence-corrected chi connectivity index (χ0v) is 11.8. The second-order valence-corrected chi connectivity index (χ2v) is 5.07. The van der Waals surface area contributed by atoms with Gasteiger partial charge in [0.2, 0.25) is 0 Å². The number of fused-ring (bicyclic) bond motifs is 1. The predicted molar refractivity (Wildman–Crippen MR) is 82.8 cm³/mol. The molecule has 0 amide bonds. The highest BCUT2D eigenvalue weighted by Crippen LogP contribution is 2.35. The molecule has 0 radical (unpaired) electrons. The fourth-order valence-corrected chi connectivity index (χ4v) is 2.44. The van der Waals surface area contributed by atoms with Crippen molar-refractivity contribution >= 4 is 0 Å². The molecule has 1 aromatic heterocycles. The minimum absolute atomic E-state index is 0.229. The van der Waals surface area contributed by atoms with E-state index in [0.29, 0.717) is 6.61 Å². The molecular weight excluding hydrogens is 276 g/mol. The summed E-state index contributed by atoms with van der Waals surface area (Å²) in [6.07, 6.45) is -0.229. The van der Waals surface area contributed by atoms with Crippen molar-refractivity contribution in [3.8, 4) is 22.8 Å². The van der Waals surface area contributed by atoms with Crippen molar-refractivity contribution in [2.45, 2.75) is 6.10 Å². The summed E-state index contributed by atoms with van der Waals surface area (Å²) >= 11 is 0. The summed E-state index contributed by atoms with van der Waals surface area (Å²) in [6, 6.07) is 21.5. The van der Waals surface area contributed by atoms with Crippen molar-refractivity contribution in [3.05, 3.63) is 72.4 Å². The highest BCUT2D eigenvalue weighted by atomic mass is 16.6. The zero-order chi connectivity index (χ0) is 14.8. The van der Waals surface area contributed by atoms with E-state index < -0.39 is 0 Å². The smallest absolute Gasteiger partial charge is 0.176 e. The summed E-state index contributed by atoms with van der Waals surface area (Å²) in [5, 5.41) is 8.59. The number of nitrogens with zero attached hydrogens (tertiary/aromatic N) is 2. The highest BCUT2D eigenvalue weighted by Gasteiger charge is 2.23. The molecule has 0 spiro atoms. The molecule has 2 heterocycles. The molecule has 4 nitrogen and oxygen atoms in total. The Morgan fingerprint density at radius 3 is 2.32 bits per heavy atom. The van der Waals surface area contributed by atoms with Crippen LogP contribution in [0.1, 0.15) is 11.8 Å². The average molecular weight is 290 g/mol. The third-order valence-electron chi connectivity index (χ3n) is 3.59. The van der Waals surface area contributed by atoms with Crippen LogP contribution in [0.15, 0.2) is 66.7 Å². The van der Waals surface area contributed by atoms with E-state index in [1.54, 1.807) is 0 Å². The fraction of sp³-hybridized carbons (Fsp3) is 0.111. The first-order valence-corrected chi connectivity index (χ1v) is 7.18. The number of benzene rings is 2. The lowest BCUT2D eigenvalue weighted by Gasteiger charge is -2.25. The van der Waals surface area contributed by atoms with Crippen LogP contribution in [0.25, 0.3) is 11.3 Å². The summed E-state index contributed by atoms with van der Waals surface area (Å²) in [5.41, 5.74) is 2.67. The molecule has 0 bridgehead atoms. The average Bonchev–Trinajstić information content (AvgIpc) is 2.62. The van der Waals surface area contributed by atoms with Gasteiger partial charge < -0.3 is 9.47 Å². The molecule has 0 N–H and O–H groups in total. The maximum absolute atomic E-state index is 5.94. The topological polar surface area (TPSA) is 44.2 Å². The molecule has 4 rings (SSSR count). The van der Waals surface area contributed by atoms with E-state index in [0.717, 1.165) is 28.5 Å². The van der Waals surface area contributed by atoms with Gasteiger partial charge in [-0.15, -0.1) is 0 Å². The van der Waals surface area contributed by atoms with Crippen LogP contribution in [0.5, 0.6) is 11.5 Å². The Labute approximate surface area is 128 Å². The van der Waals surface area contributed by atoms with E-state index in [-0.39, 0.29) is 6.10 Å². The molecule has 3 aromatic rings. The largest absolute Gasteiger partial charge is 0.485 e. The Bertz CT molecular complexity index is 773. The Kier molecular flexibility index (Phi) is 3.20. The monoisotopic (exact) mass is 290 g/mol. The van der Waals surface area contributed by atoms with E-state index in [9.17, 15) is 0 Å². The molecule has 108 valence electrons. The predicted octanol–water partition coefficient (Wildman–Crippen LogP) is 3.66. The van der Waals surface area contributed by atoms with Gasteiger partial charge in [0.25, 0.3) is 0 Å². The van der Waals surface area contributed by atoms with Gasteiger partial charge in [-0.25, -0.2) is 0 Å². The third-order valence-corrected chi connectivity index (χ3v) is 3.59. The minimum atomic E-state index is -0.229. The van der Waals surface area contributed by atoms with Gasteiger partial charge in [-0.05, 0) is 24.3 Å². The van der Waals surface area contributed by atoms with Crippen molar-refractivity contribution in [2.24, 2.45) is 0 Å². The highest BCUT2D eigenvalue weighted by molar-refractivity contribution is 5.58. The van der Waals surface area contributed by atoms with Crippen LogP contribution < -0.4 is 9.47 Å². The lowest BCUT2D eigenvalue weighted by Crippen LogP contribution is -2.22. The van der Waals surface area contributed by atoms with Crippen molar-refractivity contribution in [2.75, 3.05) is 6.61 Å². The molecule has 4 heteroatoms. The van der Waals surface area contributed by atoms with Crippen LogP contribution in [0, 0.1) is 0 Å². The Morgan fingerprint density at radius 2 is 1.55 bits per heavy atom. The Hall–Kier alpha value is -2.88. The lowest BCUT2D eigenvalue weighted by atomic mass is 10.1. The molecule has 22 heavy (non-hydrogen) atoms. The van der Waals surface area contributed by atoms with E-state index >= 15 is 0 Å². The van der Waals surface area contributed by atoms with Crippen LogP contribution in [0.4, 0.5) is 0 Å². The summed E-state index contributed by atoms with van der Waals surface area (Å²) in [4.78, 5) is 0. The van der Waals surface area contributed by atoms with Gasteiger partial charge in [0.05, 0.1) is 5.69 Å². The summed E-state index contributed by atoms with van der Waals surface area (Å²) in [5.74, 6) is 1.51.